The molecule has 1 aliphatic rings. The van der Waals surface area contributed by atoms with Gasteiger partial charge in [0.15, 0.2) is 17.3 Å². The van der Waals surface area contributed by atoms with Crippen molar-refractivity contribution >= 4 is 22.4 Å². The molecule has 0 unspecified atom stereocenters. The van der Waals surface area contributed by atoms with Gasteiger partial charge in [-0.2, -0.15) is 5.10 Å². The van der Waals surface area contributed by atoms with E-state index in [1.807, 2.05) is 12.4 Å². The van der Waals surface area contributed by atoms with Crippen molar-refractivity contribution in [3.05, 3.63) is 41.2 Å². The molecule has 5 heterocycles. The summed E-state index contributed by atoms with van der Waals surface area (Å²) in [6, 6.07) is 0. The summed E-state index contributed by atoms with van der Waals surface area (Å²) in [5.41, 5.74) is 7.10. The molecule has 4 aromatic rings. The van der Waals surface area contributed by atoms with Crippen LogP contribution in [0.2, 0.25) is 0 Å². The van der Waals surface area contributed by atoms with Crippen molar-refractivity contribution in [2.45, 2.75) is 80.1 Å². The minimum Gasteiger partial charge on any atom is -0.354 e. The average Bonchev–Trinajstić information content (AvgIpc) is 3.45. The number of rotatable bonds is 5. The van der Waals surface area contributed by atoms with Gasteiger partial charge in [0.05, 0.1) is 17.4 Å². The number of halogens is 1. The lowest BCUT2D eigenvalue weighted by molar-refractivity contribution is 0.291. The van der Waals surface area contributed by atoms with Crippen LogP contribution in [0.15, 0.2) is 18.7 Å². The number of hydrogen-bond acceptors (Lipinski definition) is 4. The smallest absolute Gasteiger partial charge is 0.175 e. The molecule has 1 aliphatic heterocycles. The van der Waals surface area contributed by atoms with Crippen molar-refractivity contribution in [1.29, 1.82) is 0 Å². The molecule has 1 N–H and O–H groups in total. The van der Waals surface area contributed by atoms with E-state index in [2.05, 4.69) is 73.4 Å². The van der Waals surface area contributed by atoms with Gasteiger partial charge in [0.2, 0.25) is 0 Å². The molecule has 0 saturated carbocycles. The summed E-state index contributed by atoms with van der Waals surface area (Å²) in [6.07, 6.45) is 10.1. The van der Waals surface area contributed by atoms with Gasteiger partial charge in [-0.05, 0) is 73.5 Å². The van der Waals surface area contributed by atoms with Gasteiger partial charge < -0.3 is 9.88 Å². The Labute approximate surface area is 213 Å². The summed E-state index contributed by atoms with van der Waals surface area (Å²) in [5, 5.41) is 5.02. The van der Waals surface area contributed by atoms with E-state index in [-0.39, 0.29) is 11.7 Å². The zero-order chi connectivity index (χ0) is 25.8. The van der Waals surface area contributed by atoms with Gasteiger partial charge in [-0.1, -0.05) is 34.6 Å². The number of aromatic nitrogens is 5. The molecular weight excluding hydrogens is 451 g/mol. The number of hydrogen-bond donors (Lipinski definition) is 1. The lowest BCUT2D eigenvalue weighted by Crippen LogP contribution is -2.35. The second-order valence-electron chi connectivity index (χ2n) is 12.1. The minimum atomic E-state index is -0.206. The number of piperidine rings is 1. The number of pyridine rings is 2. The summed E-state index contributed by atoms with van der Waals surface area (Å²) in [7, 11) is 0. The Morgan fingerprint density at radius 2 is 1.83 bits per heavy atom. The van der Waals surface area contributed by atoms with Gasteiger partial charge in [0.25, 0.3) is 0 Å². The van der Waals surface area contributed by atoms with Gasteiger partial charge in [-0.15, -0.1) is 0 Å². The van der Waals surface area contributed by atoms with Gasteiger partial charge in [-0.25, -0.2) is 18.9 Å². The lowest BCUT2D eigenvalue weighted by Gasteiger charge is -2.34. The Morgan fingerprint density at radius 1 is 1.11 bits per heavy atom. The van der Waals surface area contributed by atoms with Crippen LogP contribution < -0.4 is 4.90 Å². The zero-order valence-corrected chi connectivity index (χ0v) is 22.7. The van der Waals surface area contributed by atoms with Gasteiger partial charge in [0.1, 0.15) is 6.33 Å². The van der Waals surface area contributed by atoms with Gasteiger partial charge in [-0.3, -0.25) is 0 Å². The highest BCUT2D eigenvalue weighted by Gasteiger charge is 2.28. The maximum absolute atomic E-state index is 16.2. The van der Waals surface area contributed by atoms with E-state index < -0.39 is 0 Å². The number of fused-ring (bicyclic) bond motifs is 2. The number of nitrogens with one attached hydrogen (secondary N) is 1. The maximum atomic E-state index is 16.2. The molecule has 1 fully saturated rings. The third kappa shape index (κ3) is 4.37. The molecule has 0 aliphatic carbocycles. The van der Waals surface area contributed by atoms with E-state index in [0.29, 0.717) is 16.6 Å². The number of H-pyrrole nitrogens is 1. The third-order valence-electron chi connectivity index (χ3n) is 7.99. The van der Waals surface area contributed by atoms with Crippen LogP contribution in [-0.2, 0) is 0 Å². The molecule has 0 atom stereocenters. The maximum Gasteiger partial charge on any atom is 0.175 e. The molecule has 4 aromatic heterocycles. The van der Waals surface area contributed by atoms with Crippen molar-refractivity contribution in [2.24, 2.45) is 11.3 Å². The fourth-order valence-corrected chi connectivity index (χ4v) is 5.70. The number of anilines is 1. The molecule has 1 saturated heterocycles. The van der Waals surface area contributed by atoms with Crippen LogP contribution in [-0.4, -0.2) is 37.7 Å². The predicted octanol–water partition coefficient (Wildman–Crippen LogP) is 7.19. The molecule has 6 nitrogen and oxygen atoms in total. The summed E-state index contributed by atoms with van der Waals surface area (Å²) in [6.45, 7) is 17.1. The summed E-state index contributed by atoms with van der Waals surface area (Å²) >= 11 is 0. The average molecular weight is 491 g/mol. The normalized spacial score (nSPS) is 15.6. The highest BCUT2D eigenvalue weighted by atomic mass is 19.1. The van der Waals surface area contributed by atoms with E-state index in [1.165, 1.54) is 12.8 Å². The summed E-state index contributed by atoms with van der Waals surface area (Å²) in [5.74, 6) is 1.13. The van der Waals surface area contributed by atoms with Crippen LogP contribution in [0.1, 0.15) is 82.9 Å². The number of nitrogens with zero attached hydrogens (tertiary/aromatic N) is 5. The number of aryl methyl sites for hydroxylation is 1. The molecule has 7 heteroatoms. The van der Waals surface area contributed by atoms with E-state index in [4.69, 9.17) is 0 Å². The molecule has 0 radical (unpaired) electrons. The molecule has 0 spiro atoms. The Hall–Kier alpha value is -2.96. The zero-order valence-electron chi connectivity index (χ0n) is 22.7. The van der Waals surface area contributed by atoms with Crippen LogP contribution in [0.25, 0.3) is 27.8 Å². The fourth-order valence-electron chi connectivity index (χ4n) is 5.70. The van der Waals surface area contributed by atoms with Crippen molar-refractivity contribution in [1.82, 2.24) is 24.6 Å². The largest absolute Gasteiger partial charge is 0.354 e. The molecule has 192 valence electrons. The van der Waals surface area contributed by atoms with Crippen molar-refractivity contribution in [3.8, 4) is 11.3 Å². The number of aromatic amines is 1. The molecule has 0 amide bonds. The van der Waals surface area contributed by atoms with Crippen molar-refractivity contribution in [3.63, 3.8) is 0 Å². The standard InChI is InChI=1S/C29H39FN6/c1-17(2)23-24-22(34-26(23)21-15-36-27(32-16-33-36)19(4)18(21)3)14-31-28(25(24)30)35-12-9-20(10-13-35)8-11-29(5,6)7/h14-17,20,34H,8-13H2,1-7H3. The predicted molar refractivity (Wildman–Crippen MR) is 145 cm³/mol. The lowest BCUT2D eigenvalue weighted by atomic mass is 9.83. The SMILES string of the molecule is Cc1c(-c2[nH]c3cnc(N4CCC(CCC(C)(C)C)CC4)c(F)c3c2C(C)C)cn2ncnc2c1C. The van der Waals surface area contributed by atoms with E-state index in [1.54, 1.807) is 10.8 Å². The first-order chi connectivity index (χ1) is 17.0. The van der Waals surface area contributed by atoms with E-state index in [9.17, 15) is 0 Å². The van der Waals surface area contributed by atoms with Crippen LogP contribution in [0.5, 0.6) is 0 Å². The summed E-state index contributed by atoms with van der Waals surface area (Å²) < 4.78 is 18.0. The van der Waals surface area contributed by atoms with Crippen LogP contribution >= 0.6 is 0 Å². The molecular formula is C29H39FN6. The molecule has 0 aromatic carbocycles. The monoisotopic (exact) mass is 490 g/mol. The molecule has 5 rings (SSSR count). The van der Waals surface area contributed by atoms with Crippen LogP contribution in [0, 0.1) is 31.0 Å². The van der Waals surface area contributed by atoms with Gasteiger partial charge >= 0.3 is 0 Å². The minimum absolute atomic E-state index is 0.132. The summed E-state index contributed by atoms with van der Waals surface area (Å²) in [4.78, 5) is 14.7. The van der Waals surface area contributed by atoms with Crippen molar-refractivity contribution < 1.29 is 4.39 Å². The first kappa shape index (κ1) is 24.7. The second-order valence-corrected chi connectivity index (χ2v) is 12.1. The van der Waals surface area contributed by atoms with Crippen LogP contribution in [0.4, 0.5) is 10.2 Å². The Kier molecular flexibility index (Phi) is 6.29. The third-order valence-corrected chi connectivity index (χ3v) is 7.99. The van der Waals surface area contributed by atoms with Crippen molar-refractivity contribution in [2.75, 3.05) is 18.0 Å². The molecule has 0 bridgehead atoms. The Morgan fingerprint density at radius 3 is 2.50 bits per heavy atom. The van der Waals surface area contributed by atoms with Gasteiger partial charge in [0, 0.05) is 30.2 Å². The topological polar surface area (TPSA) is 62.1 Å². The highest BCUT2D eigenvalue weighted by molar-refractivity contribution is 5.94. The highest BCUT2D eigenvalue weighted by Crippen LogP contribution is 2.41. The van der Waals surface area contributed by atoms with Crippen LogP contribution in [0.3, 0.4) is 0 Å². The quantitative estimate of drug-likeness (QED) is 0.321. The van der Waals surface area contributed by atoms with E-state index >= 15 is 4.39 Å². The first-order valence-corrected chi connectivity index (χ1v) is 13.3. The first-order valence-electron chi connectivity index (χ1n) is 13.3. The van der Waals surface area contributed by atoms with E-state index in [0.717, 1.165) is 71.0 Å². The fraction of sp³-hybridized carbons (Fsp3) is 0.552. The molecule has 36 heavy (non-hydrogen) atoms. The Bertz CT molecular complexity index is 1400. The Balaban J connectivity index is 1.52. The second kappa shape index (κ2) is 9.16.